The Morgan fingerprint density at radius 3 is 2.00 bits per heavy atom. The van der Waals surface area contributed by atoms with Gasteiger partial charge in [0, 0.05) is 17.2 Å². The maximum atomic E-state index is 14.7. The van der Waals surface area contributed by atoms with Crippen LogP contribution < -0.4 is 0 Å². The summed E-state index contributed by atoms with van der Waals surface area (Å²) in [5, 5.41) is 0. The first-order valence-corrected chi connectivity index (χ1v) is 9.35. The Morgan fingerprint density at radius 1 is 0.862 bits per heavy atom. The van der Waals surface area contributed by atoms with Crippen molar-refractivity contribution < 1.29 is 26.3 Å². The molecule has 6 heteroatoms. The lowest BCUT2D eigenvalue weighted by Gasteiger charge is -2.27. The standard InChI is InChI=1S/C23H20F6/c1-2-14-3-5-15(6-4-14)16-7-8-18(20(24)11-16)17-12-21(25)19(22(26)13-17)9-10-23(27,28)29/h2,7-15H,1,3-6H2/b10-9+. The van der Waals surface area contributed by atoms with Crippen molar-refractivity contribution in [3.63, 3.8) is 0 Å². The monoisotopic (exact) mass is 410 g/mol. The minimum absolute atomic E-state index is 0.00215. The minimum atomic E-state index is -4.69. The lowest BCUT2D eigenvalue weighted by molar-refractivity contribution is -0.0790. The fourth-order valence-electron chi connectivity index (χ4n) is 3.78. The summed E-state index contributed by atoms with van der Waals surface area (Å²) in [7, 11) is 0. The predicted octanol–water partition coefficient (Wildman–Crippen LogP) is 7.81. The van der Waals surface area contributed by atoms with Crippen LogP contribution in [0.2, 0.25) is 0 Å². The number of hydrogen-bond acceptors (Lipinski definition) is 0. The molecule has 0 unspecified atom stereocenters. The molecule has 0 aromatic heterocycles. The fraction of sp³-hybridized carbons (Fsp3) is 0.304. The fourth-order valence-corrected chi connectivity index (χ4v) is 3.78. The Labute approximate surface area is 165 Å². The molecule has 0 N–H and O–H groups in total. The summed E-state index contributed by atoms with van der Waals surface area (Å²) in [6.45, 7) is 3.80. The van der Waals surface area contributed by atoms with E-state index in [1.54, 1.807) is 6.07 Å². The van der Waals surface area contributed by atoms with Gasteiger partial charge in [0.25, 0.3) is 0 Å². The molecule has 2 aromatic carbocycles. The number of allylic oxidation sites excluding steroid dienone is 2. The van der Waals surface area contributed by atoms with E-state index < -0.39 is 29.2 Å². The molecule has 0 saturated heterocycles. The highest BCUT2D eigenvalue weighted by Gasteiger charge is 2.24. The van der Waals surface area contributed by atoms with Crippen LogP contribution in [0.5, 0.6) is 0 Å². The van der Waals surface area contributed by atoms with Gasteiger partial charge in [-0.15, -0.1) is 6.58 Å². The van der Waals surface area contributed by atoms with Crippen LogP contribution in [0.25, 0.3) is 17.2 Å². The highest BCUT2D eigenvalue weighted by Crippen LogP contribution is 2.38. The zero-order valence-corrected chi connectivity index (χ0v) is 15.6. The van der Waals surface area contributed by atoms with Gasteiger partial charge in [0.2, 0.25) is 0 Å². The SMILES string of the molecule is C=CC1CCC(c2ccc(-c3cc(F)c(/C=C/C(F)(F)F)c(F)c3)c(F)c2)CC1. The van der Waals surface area contributed by atoms with Crippen LogP contribution in [-0.2, 0) is 0 Å². The van der Waals surface area contributed by atoms with Crippen LogP contribution >= 0.6 is 0 Å². The van der Waals surface area contributed by atoms with Gasteiger partial charge >= 0.3 is 6.18 Å². The van der Waals surface area contributed by atoms with E-state index in [0.29, 0.717) is 12.0 Å². The van der Waals surface area contributed by atoms with Crippen molar-refractivity contribution in [3.05, 3.63) is 77.6 Å². The normalized spacial score (nSPS) is 20.2. The molecule has 2 aromatic rings. The number of alkyl halides is 3. The molecule has 1 aliphatic rings. The molecule has 0 nitrogen and oxygen atoms in total. The number of benzene rings is 2. The van der Waals surface area contributed by atoms with E-state index in [-0.39, 0.29) is 23.1 Å². The molecule has 29 heavy (non-hydrogen) atoms. The van der Waals surface area contributed by atoms with Gasteiger partial charge in [0.15, 0.2) is 0 Å². The first kappa shape index (κ1) is 21.2. The third-order valence-electron chi connectivity index (χ3n) is 5.40. The molecule has 0 radical (unpaired) electrons. The summed E-state index contributed by atoms with van der Waals surface area (Å²) in [4.78, 5) is 0. The van der Waals surface area contributed by atoms with Crippen molar-refractivity contribution in [2.24, 2.45) is 5.92 Å². The predicted molar refractivity (Wildman–Crippen MR) is 102 cm³/mol. The lowest BCUT2D eigenvalue weighted by Crippen LogP contribution is -2.11. The van der Waals surface area contributed by atoms with Crippen LogP contribution in [0, 0.1) is 23.4 Å². The molecule has 0 bridgehead atoms. The van der Waals surface area contributed by atoms with Gasteiger partial charge in [0.05, 0.1) is 0 Å². The molecule has 3 rings (SSSR count). The lowest BCUT2D eigenvalue weighted by atomic mass is 9.78. The molecule has 0 amide bonds. The van der Waals surface area contributed by atoms with Gasteiger partial charge in [-0.1, -0.05) is 18.2 Å². The van der Waals surface area contributed by atoms with Crippen LogP contribution in [0.4, 0.5) is 26.3 Å². The third kappa shape index (κ3) is 5.11. The highest BCUT2D eigenvalue weighted by atomic mass is 19.4. The largest absolute Gasteiger partial charge is 0.409 e. The average Bonchev–Trinajstić information content (AvgIpc) is 2.66. The van der Waals surface area contributed by atoms with Gasteiger partial charge in [-0.3, -0.25) is 0 Å². The quantitative estimate of drug-likeness (QED) is 0.356. The molecule has 0 aliphatic heterocycles. The van der Waals surface area contributed by atoms with Crippen molar-refractivity contribution in [2.75, 3.05) is 0 Å². The topological polar surface area (TPSA) is 0 Å². The second-order valence-corrected chi connectivity index (χ2v) is 7.32. The Kier molecular flexibility index (Phi) is 6.20. The molecular weight excluding hydrogens is 390 g/mol. The number of rotatable bonds is 4. The number of hydrogen-bond donors (Lipinski definition) is 0. The van der Waals surface area contributed by atoms with Gasteiger partial charge in [-0.2, -0.15) is 13.2 Å². The molecule has 0 atom stereocenters. The Hall–Kier alpha value is -2.50. The maximum absolute atomic E-state index is 14.7. The molecule has 1 aliphatic carbocycles. The highest BCUT2D eigenvalue weighted by molar-refractivity contribution is 5.67. The zero-order chi connectivity index (χ0) is 21.2. The smallest absolute Gasteiger partial charge is 0.206 e. The second-order valence-electron chi connectivity index (χ2n) is 7.32. The van der Waals surface area contributed by atoms with E-state index in [2.05, 4.69) is 6.58 Å². The Balaban J connectivity index is 1.86. The van der Waals surface area contributed by atoms with Crippen LogP contribution in [0.3, 0.4) is 0 Å². The van der Waals surface area contributed by atoms with Gasteiger partial charge in [-0.05, 0) is 72.9 Å². The van der Waals surface area contributed by atoms with Gasteiger partial charge in [-0.25, -0.2) is 13.2 Å². The van der Waals surface area contributed by atoms with Crippen molar-refractivity contribution in [2.45, 2.75) is 37.8 Å². The van der Waals surface area contributed by atoms with Crippen molar-refractivity contribution in [3.8, 4) is 11.1 Å². The summed E-state index contributed by atoms with van der Waals surface area (Å²) in [5.41, 5.74) is -0.0530. The molecule has 1 saturated carbocycles. The van der Waals surface area contributed by atoms with Crippen molar-refractivity contribution in [1.82, 2.24) is 0 Å². The molecule has 154 valence electrons. The first-order chi connectivity index (χ1) is 13.7. The van der Waals surface area contributed by atoms with Crippen LogP contribution in [0.1, 0.15) is 42.7 Å². The minimum Gasteiger partial charge on any atom is -0.206 e. The summed E-state index contributed by atoms with van der Waals surface area (Å²) >= 11 is 0. The maximum Gasteiger partial charge on any atom is 0.409 e. The average molecular weight is 410 g/mol. The van der Waals surface area contributed by atoms with Gasteiger partial charge < -0.3 is 0 Å². The summed E-state index contributed by atoms with van der Waals surface area (Å²) < 4.78 is 79.7. The summed E-state index contributed by atoms with van der Waals surface area (Å²) in [6.07, 6.45) is 1.14. The zero-order valence-electron chi connectivity index (χ0n) is 15.6. The van der Waals surface area contributed by atoms with Crippen molar-refractivity contribution >= 4 is 6.08 Å². The Bertz CT molecular complexity index is 894. The van der Waals surface area contributed by atoms with Crippen LogP contribution in [-0.4, -0.2) is 6.18 Å². The molecule has 1 fully saturated rings. The summed E-state index contributed by atoms with van der Waals surface area (Å²) in [5.74, 6) is -2.30. The van der Waals surface area contributed by atoms with E-state index in [0.717, 1.165) is 43.4 Å². The first-order valence-electron chi connectivity index (χ1n) is 9.35. The summed E-state index contributed by atoms with van der Waals surface area (Å²) in [6, 6.07) is 6.26. The second kappa shape index (κ2) is 8.47. The molecular formula is C23H20F6. The molecule has 0 heterocycles. The third-order valence-corrected chi connectivity index (χ3v) is 5.40. The van der Waals surface area contributed by atoms with E-state index in [1.165, 1.54) is 12.1 Å². The number of halogens is 6. The van der Waals surface area contributed by atoms with E-state index in [9.17, 15) is 26.3 Å². The Morgan fingerprint density at radius 2 is 1.48 bits per heavy atom. The van der Waals surface area contributed by atoms with E-state index in [4.69, 9.17) is 0 Å². The van der Waals surface area contributed by atoms with Crippen LogP contribution in [0.15, 0.2) is 49.1 Å². The molecule has 0 spiro atoms. The van der Waals surface area contributed by atoms with Gasteiger partial charge in [0.1, 0.15) is 17.5 Å². The van der Waals surface area contributed by atoms with Crippen molar-refractivity contribution in [1.29, 1.82) is 0 Å². The van der Waals surface area contributed by atoms with E-state index in [1.807, 2.05) is 6.08 Å². The van der Waals surface area contributed by atoms with E-state index >= 15 is 0 Å².